The Morgan fingerprint density at radius 2 is 1.50 bits per heavy atom. The van der Waals surface area contributed by atoms with E-state index in [-0.39, 0.29) is 36.9 Å². The molecule has 0 aromatic heterocycles. The summed E-state index contributed by atoms with van der Waals surface area (Å²) in [6, 6.07) is 12.9. The Balaban J connectivity index is 0.000000856. The summed E-state index contributed by atoms with van der Waals surface area (Å²) in [6.07, 6.45) is 0.460. The molecule has 0 aliphatic carbocycles. The van der Waals surface area contributed by atoms with Crippen LogP contribution in [0.4, 0.5) is 4.53 Å². The van der Waals surface area contributed by atoms with Gasteiger partial charge in [0.05, 0.1) is 12.2 Å². The monoisotopic (exact) mass is 612 g/mol. The first-order chi connectivity index (χ1) is 19.7. The third-order valence-electron chi connectivity index (χ3n) is 5.29. The Hall–Kier alpha value is -4.03. The largest absolute Gasteiger partial charge is 0.481 e. The van der Waals surface area contributed by atoms with Gasteiger partial charge in [-0.2, -0.15) is 0 Å². The van der Waals surface area contributed by atoms with Crippen molar-refractivity contribution >= 4 is 41.4 Å². The van der Waals surface area contributed by atoms with Crippen molar-refractivity contribution in [2.24, 2.45) is 0 Å². The highest BCUT2D eigenvalue weighted by molar-refractivity contribution is 6.31. The van der Waals surface area contributed by atoms with Crippen molar-refractivity contribution in [3.05, 3.63) is 64.2 Å². The van der Waals surface area contributed by atoms with E-state index in [1.54, 1.807) is 12.1 Å². The first kappa shape index (κ1) is 36.0. The van der Waals surface area contributed by atoms with E-state index >= 15 is 0 Å². The molecule has 2 aromatic carbocycles. The zero-order chi connectivity index (χ0) is 31.8. The molecule has 2 aromatic rings. The van der Waals surface area contributed by atoms with Crippen LogP contribution >= 0.6 is 11.6 Å². The van der Waals surface area contributed by atoms with Crippen molar-refractivity contribution in [1.82, 2.24) is 0 Å². The number of hydrogen-bond donors (Lipinski definition) is 1. The highest BCUT2D eigenvalue weighted by Crippen LogP contribution is 2.35. The molecule has 1 aliphatic heterocycles. The van der Waals surface area contributed by atoms with Crippen LogP contribution in [0, 0.1) is 0 Å². The minimum absolute atomic E-state index is 0.0960. The predicted molar refractivity (Wildman–Crippen MR) is 147 cm³/mol. The number of benzene rings is 2. The van der Waals surface area contributed by atoms with Crippen LogP contribution in [0.2, 0.25) is 5.02 Å². The standard InChI is InChI=1S/C25H27ClO7.C2H3FO2.C2H4O2/c1-15(27)30-14-23-12-22(32-17(3)29)13-25(33-23)19-6-9-24(26)20(11-19)10-18-4-7-21(8-5-18)31-16(2)28;1-2(4)5-3;1-2(3)4/h4-9,11,22-23,25H,10,12-14H2,1-3H3;1H3;1H3,(H,3,4). The molecule has 1 N–H and O–H groups in total. The SMILES string of the molecule is CC(=O)O.CC(=O)OCC1CC(OC(C)=O)CC(c2ccc(Cl)c(Cc3ccc(OC(C)=O)cc3)c2)O1.CC(=O)OF. The minimum Gasteiger partial charge on any atom is -0.481 e. The maximum atomic E-state index is 11.5. The van der Waals surface area contributed by atoms with E-state index in [0.29, 0.717) is 30.0 Å². The Bertz CT molecular complexity index is 1210. The lowest BCUT2D eigenvalue weighted by molar-refractivity contribution is -0.180. The van der Waals surface area contributed by atoms with Crippen molar-refractivity contribution in [3.63, 3.8) is 0 Å². The average Bonchev–Trinajstić information content (AvgIpc) is 2.89. The summed E-state index contributed by atoms with van der Waals surface area (Å²) >= 11 is 6.46. The summed E-state index contributed by atoms with van der Waals surface area (Å²) in [4.78, 5) is 54.7. The van der Waals surface area contributed by atoms with Crippen LogP contribution in [0.1, 0.15) is 70.3 Å². The molecule has 3 unspecified atom stereocenters. The molecule has 13 heteroatoms. The molecular weight excluding hydrogens is 579 g/mol. The zero-order valence-electron chi connectivity index (χ0n) is 23.9. The normalized spacial score (nSPS) is 17.2. The second kappa shape index (κ2) is 18.4. The lowest BCUT2D eigenvalue weighted by Crippen LogP contribution is -2.36. The van der Waals surface area contributed by atoms with Gasteiger partial charge in [-0.1, -0.05) is 35.9 Å². The Kier molecular flexibility index (Phi) is 15.8. The van der Waals surface area contributed by atoms with Gasteiger partial charge in [-0.15, -0.1) is 0 Å². The third-order valence-corrected chi connectivity index (χ3v) is 5.66. The van der Waals surface area contributed by atoms with Crippen molar-refractivity contribution in [2.45, 2.75) is 72.2 Å². The van der Waals surface area contributed by atoms with Gasteiger partial charge in [0.25, 0.3) is 5.97 Å². The number of esters is 3. The molecule has 1 aliphatic rings. The second-order valence-electron chi connectivity index (χ2n) is 9.11. The maximum absolute atomic E-state index is 11.5. The fourth-order valence-corrected chi connectivity index (χ4v) is 4.01. The topological polar surface area (TPSA) is 152 Å². The lowest BCUT2D eigenvalue weighted by atomic mass is 9.94. The van der Waals surface area contributed by atoms with Gasteiger partial charge in [0.15, 0.2) is 0 Å². The number of ether oxygens (including phenoxy) is 4. The third kappa shape index (κ3) is 15.1. The molecule has 0 bridgehead atoms. The van der Waals surface area contributed by atoms with Crippen LogP contribution in [-0.2, 0) is 49.5 Å². The maximum Gasteiger partial charge on any atom is 0.345 e. The summed E-state index contributed by atoms with van der Waals surface area (Å²) in [6.45, 7) is 6.24. The molecule has 1 heterocycles. The van der Waals surface area contributed by atoms with Crippen LogP contribution in [0.5, 0.6) is 5.75 Å². The molecular formula is C29H34ClFO11. The van der Waals surface area contributed by atoms with Crippen LogP contribution in [0.25, 0.3) is 0 Å². The van der Waals surface area contributed by atoms with E-state index in [9.17, 15) is 23.7 Å². The minimum atomic E-state index is -0.912. The zero-order valence-corrected chi connectivity index (χ0v) is 24.6. The summed E-state index contributed by atoms with van der Waals surface area (Å²) in [5.41, 5.74) is 2.81. The highest BCUT2D eigenvalue weighted by atomic mass is 35.5. The van der Waals surface area contributed by atoms with E-state index in [1.165, 1.54) is 20.8 Å². The quantitative estimate of drug-likeness (QED) is 0.328. The van der Waals surface area contributed by atoms with Crippen molar-refractivity contribution in [2.75, 3.05) is 6.61 Å². The average molecular weight is 613 g/mol. The number of carboxylic acids is 1. The molecule has 1 fully saturated rings. The van der Waals surface area contributed by atoms with Gasteiger partial charge >= 0.3 is 23.9 Å². The first-order valence-corrected chi connectivity index (χ1v) is 13.1. The summed E-state index contributed by atoms with van der Waals surface area (Å²) in [5, 5.41) is 8.03. The Labute approximate surface area is 247 Å². The fraction of sp³-hybridized carbons (Fsp3) is 0.414. The van der Waals surface area contributed by atoms with E-state index in [4.69, 9.17) is 40.4 Å². The molecule has 0 radical (unpaired) electrons. The predicted octanol–water partition coefficient (Wildman–Crippen LogP) is 5.10. The summed E-state index contributed by atoms with van der Waals surface area (Å²) < 4.78 is 32.1. The van der Waals surface area contributed by atoms with Gasteiger partial charge in [0.1, 0.15) is 18.5 Å². The van der Waals surface area contributed by atoms with Crippen molar-refractivity contribution in [1.29, 1.82) is 0 Å². The highest BCUT2D eigenvalue weighted by Gasteiger charge is 2.33. The number of carboxylic acid groups (broad SMARTS) is 1. The molecule has 11 nitrogen and oxygen atoms in total. The van der Waals surface area contributed by atoms with E-state index in [0.717, 1.165) is 30.5 Å². The molecule has 3 rings (SSSR count). The van der Waals surface area contributed by atoms with E-state index in [2.05, 4.69) is 4.94 Å². The molecule has 0 amide bonds. The number of halogens is 2. The van der Waals surface area contributed by atoms with Crippen molar-refractivity contribution < 1.29 is 57.5 Å². The fourth-order valence-electron chi connectivity index (χ4n) is 3.83. The molecule has 0 saturated carbocycles. The number of aliphatic carboxylic acids is 1. The smallest absolute Gasteiger partial charge is 0.345 e. The Morgan fingerprint density at radius 1 is 0.905 bits per heavy atom. The molecule has 3 atom stereocenters. The number of rotatable bonds is 7. The van der Waals surface area contributed by atoms with Gasteiger partial charge in [0.2, 0.25) is 0 Å². The number of carbonyl (C=O) groups excluding carboxylic acids is 4. The summed E-state index contributed by atoms with van der Waals surface area (Å²) in [5.74, 6) is -2.38. The van der Waals surface area contributed by atoms with E-state index in [1.807, 2.05) is 30.3 Å². The van der Waals surface area contributed by atoms with Crippen LogP contribution in [0.15, 0.2) is 42.5 Å². The Morgan fingerprint density at radius 3 is 2.00 bits per heavy atom. The van der Waals surface area contributed by atoms with Gasteiger partial charge in [-0.3, -0.25) is 24.1 Å². The van der Waals surface area contributed by atoms with Crippen LogP contribution in [-0.4, -0.2) is 53.8 Å². The van der Waals surface area contributed by atoms with Gasteiger partial charge < -0.3 is 24.1 Å². The van der Waals surface area contributed by atoms with Gasteiger partial charge in [-0.25, -0.2) is 4.79 Å². The van der Waals surface area contributed by atoms with Gasteiger partial charge in [-0.05, 0) is 41.3 Å². The molecule has 230 valence electrons. The van der Waals surface area contributed by atoms with Crippen molar-refractivity contribution in [3.8, 4) is 5.75 Å². The van der Waals surface area contributed by atoms with Gasteiger partial charge in [0, 0.05) is 57.0 Å². The van der Waals surface area contributed by atoms with Crippen LogP contribution < -0.4 is 4.74 Å². The van der Waals surface area contributed by atoms with Crippen LogP contribution in [0.3, 0.4) is 0 Å². The van der Waals surface area contributed by atoms with E-state index < -0.39 is 17.9 Å². The molecule has 42 heavy (non-hydrogen) atoms. The number of hydrogen-bond acceptors (Lipinski definition) is 10. The molecule has 0 spiro atoms. The first-order valence-electron chi connectivity index (χ1n) is 12.7. The summed E-state index contributed by atoms with van der Waals surface area (Å²) in [7, 11) is 0. The number of carbonyl (C=O) groups is 5. The molecule has 1 saturated heterocycles. The second-order valence-corrected chi connectivity index (χ2v) is 9.51. The lowest BCUT2D eigenvalue weighted by Gasteiger charge is -2.35.